The summed E-state index contributed by atoms with van der Waals surface area (Å²) in [7, 11) is 0. The number of hydrogen-bond acceptors (Lipinski definition) is 4. The minimum absolute atomic E-state index is 0. The second-order valence-electron chi connectivity index (χ2n) is 7.26. The number of rotatable bonds is 2. The van der Waals surface area contributed by atoms with Gasteiger partial charge in [0.25, 0.3) is 0 Å². The molecule has 154 valence electrons. The molecule has 0 radical (unpaired) electrons. The number of likely N-dealkylation sites (tertiary alicyclic amines) is 1. The number of carbonyl (C=O) groups excluding carboxylic acids is 1. The van der Waals surface area contributed by atoms with E-state index in [1.54, 1.807) is 13.8 Å². The molecule has 0 aromatic heterocycles. The van der Waals surface area contributed by atoms with Crippen LogP contribution < -0.4 is 0 Å². The van der Waals surface area contributed by atoms with Crippen LogP contribution in [0.3, 0.4) is 0 Å². The van der Waals surface area contributed by atoms with Crippen molar-refractivity contribution in [2.45, 2.75) is 90.2 Å². The molecule has 0 atom stereocenters. The van der Waals surface area contributed by atoms with E-state index in [1.165, 1.54) is 70.6 Å². The third kappa shape index (κ3) is 14.8. The van der Waals surface area contributed by atoms with E-state index in [0.29, 0.717) is 0 Å². The number of aliphatic carboxylic acids is 1. The van der Waals surface area contributed by atoms with Gasteiger partial charge in [0.2, 0.25) is 0 Å². The van der Waals surface area contributed by atoms with E-state index in [9.17, 15) is 9.59 Å². The Bertz CT molecular complexity index is 405. The van der Waals surface area contributed by atoms with E-state index in [2.05, 4.69) is 4.90 Å². The molecular formula is C19H36ClNO3S2. The summed E-state index contributed by atoms with van der Waals surface area (Å²) in [5.41, 5.74) is 0. The first-order valence-corrected chi connectivity index (χ1v) is 10.6. The van der Waals surface area contributed by atoms with Gasteiger partial charge in [0.15, 0.2) is 0 Å². The molecule has 1 saturated carbocycles. The van der Waals surface area contributed by atoms with Gasteiger partial charge in [0.05, 0.1) is 0 Å². The van der Waals surface area contributed by atoms with Gasteiger partial charge < -0.3 is 14.8 Å². The Balaban J connectivity index is 0. The largest absolute Gasteiger partial charge is 0.480 e. The molecule has 1 N–H and O–H groups in total. The maximum Gasteiger partial charge on any atom is 0.319 e. The maximum absolute atomic E-state index is 10.9. The Morgan fingerprint density at radius 2 is 1.19 bits per heavy atom. The molecule has 0 unspecified atom stereocenters. The first-order valence-electron chi connectivity index (χ1n) is 9.35. The smallest absolute Gasteiger partial charge is 0.319 e. The second kappa shape index (κ2) is 15.7. The Morgan fingerprint density at radius 3 is 1.50 bits per heavy atom. The quantitative estimate of drug-likeness (QED) is 0.571. The van der Waals surface area contributed by atoms with Crippen molar-refractivity contribution in [2.24, 2.45) is 0 Å². The summed E-state index contributed by atoms with van der Waals surface area (Å²) in [6.07, 6.45) is 12.6. The minimum atomic E-state index is -0.825. The molecule has 1 aliphatic heterocycles. The third-order valence-electron chi connectivity index (χ3n) is 3.97. The predicted molar refractivity (Wildman–Crippen MR) is 119 cm³/mol. The van der Waals surface area contributed by atoms with Crippen molar-refractivity contribution in [3.05, 3.63) is 0 Å². The zero-order valence-corrected chi connectivity index (χ0v) is 19.2. The monoisotopic (exact) mass is 425 g/mol. The van der Waals surface area contributed by atoms with Gasteiger partial charge in [-0.25, -0.2) is 0 Å². The van der Waals surface area contributed by atoms with Gasteiger partial charge in [-0.15, -0.1) is 12.4 Å². The summed E-state index contributed by atoms with van der Waals surface area (Å²) in [4.78, 5) is 22.5. The van der Waals surface area contributed by atoms with Crippen LogP contribution in [0.2, 0.25) is 0 Å². The van der Waals surface area contributed by atoms with Crippen LogP contribution in [-0.4, -0.2) is 43.9 Å². The molecule has 0 aromatic carbocycles. The van der Waals surface area contributed by atoms with Gasteiger partial charge in [0.1, 0.15) is 14.9 Å². The maximum atomic E-state index is 10.9. The summed E-state index contributed by atoms with van der Waals surface area (Å²) in [5.74, 6) is -0.646. The van der Waals surface area contributed by atoms with E-state index >= 15 is 0 Å². The fourth-order valence-electron chi connectivity index (χ4n) is 2.46. The van der Waals surface area contributed by atoms with E-state index in [0.717, 1.165) is 30.3 Å². The highest BCUT2D eigenvalue weighted by molar-refractivity contribution is 8.24. The average Bonchev–Trinajstić information content (AvgIpc) is 2.57. The minimum Gasteiger partial charge on any atom is -0.480 e. The number of hydrogen-bond donors (Lipinski definition) is 1. The van der Waals surface area contributed by atoms with Crippen molar-refractivity contribution in [1.82, 2.24) is 4.90 Å². The molecule has 4 nitrogen and oxygen atoms in total. The average molecular weight is 426 g/mol. The van der Waals surface area contributed by atoms with E-state index in [4.69, 9.17) is 17.3 Å². The molecule has 2 rings (SSSR count). The number of piperidine rings is 1. The van der Waals surface area contributed by atoms with Crippen LogP contribution in [0, 0.1) is 0 Å². The Hall–Kier alpha value is -0.330. The second-order valence-corrected chi connectivity index (χ2v) is 9.52. The Labute approximate surface area is 175 Å². The van der Waals surface area contributed by atoms with Gasteiger partial charge in [0, 0.05) is 13.1 Å². The molecule has 1 saturated heterocycles. The van der Waals surface area contributed by atoms with Crippen LogP contribution in [0.15, 0.2) is 0 Å². The molecule has 0 aromatic rings. The highest BCUT2D eigenvalue weighted by Gasteiger charge is 2.31. The van der Waals surface area contributed by atoms with Crippen LogP contribution in [0.1, 0.15) is 85.5 Å². The van der Waals surface area contributed by atoms with Crippen LogP contribution in [0.4, 0.5) is 0 Å². The molecule has 26 heavy (non-hydrogen) atoms. The third-order valence-corrected chi connectivity index (χ3v) is 5.60. The molecule has 2 fully saturated rings. The van der Waals surface area contributed by atoms with Crippen molar-refractivity contribution < 1.29 is 14.7 Å². The van der Waals surface area contributed by atoms with Crippen LogP contribution in [0.25, 0.3) is 0 Å². The first-order chi connectivity index (χ1) is 11.7. The molecule has 7 heteroatoms. The summed E-state index contributed by atoms with van der Waals surface area (Å²) < 4.78 is -0.101. The van der Waals surface area contributed by atoms with Crippen molar-refractivity contribution in [3.63, 3.8) is 0 Å². The van der Waals surface area contributed by atoms with Gasteiger partial charge in [-0.3, -0.25) is 4.79 Å². The molecule has 1 heterocycles. The standard InChI is InChI=1S/C10H17NO2S2.C6H12.C3H6O.ClH/c1-10(2,8(12)13)15-9(14)11-6-4-3-5-7-11;1-2-4-6-5-3-1;1-3(2)4;/h3-7H2,1-2H3,(H,12,13);1-6H2;1-2H3;1H. The number of thiocarbonyl (C=S) groups is 1. The van der Waals surface area contributed by atoms with Gasteiger partial charge >= 0.3 is 5.97 Å². The van der Waals surface area contributed by atoms with Crippen molar-refractivity contribution >= 4 is 52.5 Å². The predicted octanol–water partition coefficient (Wildman–Crippen LogP) is 5.71. The van der Waals surface area contributed by atoms with Crippen molar-refractivity contribution in [1.29, 1.82) is 0 Å². The van der Waals surface area contributed by atoms with Crippen LogP contribution in [-0.2, 0) is 9.59 Å². The van der Waals surface area contributed by atoms with Crippen molar-refractivity contribution in [2.75, 3.05) is 13.1 Å². The normalized spacial score (nSPS) is 16.7. The lowest BCUT2D eigenvalue weighted by Crippen LogP contribution is -2.37. The summed E-state index contributed by atoms with van der Waals surface area (Å²) >= 11 is 6.54. The Kier molecular flexibility index (Phi) is 16.8. The highest BCUT2D eigenvalue weighted by atomic mass is 35.5. The number of carboxylic acids is 1. The number of carboxylic acid groups (broad SMARTS) is 1. The van der Waals surface area contributed by atoms with Crippen LogP contribution >= 0.6 is 36.4 Å². The summed E-state index contributed by atoms with van der Waals surface area (Å²) in [6, 6.07) is 0. The van der Waals surface area contributed by atoms with Gasteiger partial charge in [-0.05, 0) is 47.0 Å². The van der Waals surface area contributed by atoms with Crippen LogP contribution in [0.5, 0.6) is 0 Å². The number of nitrogens with zero attached hydrogens (tertiary/aromatic N) is 1. The van der Waals surface area contributed by atoms with E-state index in [-0.39, 0.29) is 18.2 Å². The zero-order chi connectivity index (χ0) is 19.3. The molecule has 1 aliphatic carbocycles. The molecule has 2 aliphatic rings. The number of carbonyl (C=O) groups is 2. The first kappa shape index (κ1) is 27.9. The summed E-state index contributed by atoms with van der Waals surface area (Å²) in [6.45, 7) is 8.38. The number of ketones is 1. The molecule has 0 amide bonds. The number of Topliss-reactive ketones (excluding diaryl/α,β-unsaturated/α-hetero) is 1. The van der Waals surface area contributed by atoms with Gasteiger partial charge in [-0.1, -0.05) is 62.5 Å². The molecule has 0 spiro atoms. The highest BCUT2D eigenvalue weighted by Crippen LogP contribution is 2.28. The van der Waals surface area contributed by atoms with Gasteiger partial charge in [-0.2, -0.15) is 0 Å². The molecule has 0 bridgehead atoms. The lowest BCUT2D eigenvalue weighted by molar-refractivity contribution is -0.138. The van der Waals surface area contributed by atoms with E-state index < -0.39 is 10.7 Å². The topological polar surface area (TPSA) is 57.6 Å². The summed E-state index contributed by atoms with van der Waals surface area (Å²) in [5, 5.41) is 8.99. The number of thioether (sulfide) groups is 1. The number of halogens is 1. The van der Waals surface area contributed by atoms with E-state index in [1.807, 2.05) is 0 Å². The molecular weight excluding hydrogens is 390 g/mol. The fourth-order valence-corrected chi connectivity index (χ4v) is 4.11. The lowest BCUT2D eigenvalue weighted by atomic mass is 10.0. The van der Waals surface area contributed by atoms with Crippen molar-refractivity contribution in [3.8, 4) is 0 Å². The lowest BCUT2D eigenvalue weighted by Gasteiger charge is -2.31. The Morgan fingerprint density at radius 1 is 0.885 bits per heavy atom. The fraction of sp³-hybridized carbons (Fsp3) is 0.842. The SMILES string of the molecule is C1CCCCC1.CC(C)(SC(=S)N1CCCCC1)C(=O)O.CC(C)=O.Cl. The zero-order valence-electron chi connectivity index (χ0n) is 16.7.